The molecule has 0 amide bonds. The summed E-state index contributed by atoms with van der Waals surface area (Å²) >= 11 is 0. The number of rotatable bonds is 3. The van der Waals surface area contributed by atoms with E-state index in [4.69, 9.17) is 0 Å². The van der Waals surface area contributed by atoms with Crippen molar-refractivity contribution in [3.05, 3.63) is 47.5 Å². The lowest BCUT2D eigenvalue weighted by atomic mass is 9.90. The minimum atomic E-state index is 0.390. The zero-order valence-electron chi connectivity index (χ0n) is 13.4. The molecule has 2 heteroatoms. The fourth-order valence-corrected chi connectivity index (χ4v) is 3.88. The summed E-state index contributed by atoms with van der Waals surface area (Å²) in [5.74, 6) is 0. The summed E-state index contributed by atoms with van der Waals surface area (Å²) < 4.78 is 0. The zero-order chi connectivity index (χ0) is 14.7. The maximum atomic E-state index is 3.90. The van der Waals surface area contributed by atoms with Crippen LogP contribution in [0, 0.1) is 0 Å². The van der Waals surface area contributed by atoms with Gasteiger partial charge in [0.1, 0.15) is 0 Å². The van der Waals surface area contributed by atoms with E-state index < -0.39 is 0 Å². The predicted molar refractivity (Wildman–Crippen MR) is 89.4 cm³/mol. The minimum Gasteiger partial charge on any atom is -0.308 e. The number of hydrogen-bond acceptors (Lipinski definition) is 2. The van der Waals surface area contributed by atoms with Crippen LogP contribution in [-0.2, 0) is 0 Å². The molecular formula is C19H28N2. The molecule has 1 saturated carbocycles. The molecule has 1 aliphatic heterocycles. The van der Waals surface area contributed by atoms with E-state index in [1.54, 1.807) is 0 Å². The lowest BCUT2D eigenvalue weighted by Gasteiger charge is -2.46. The van der Waals surface area contributed by atoms with Crippen molar-refractivity contribution in [2.75, 3.05) is 19.6 Å². The van der Waals surface area contributed by atoms with Gasteiger partial charge in [-0.25, -0.2) is 0 Å². The molecular weight excluding hydrogens is 256 g/mol. The molecule has 21 heavy (non-hydrogen) atoms. The van der Waals surface area contributed by atoms with Crippen molar-refractivity contribution in [1.82, 2.24) is 10.2 Å². The molecule has 3 rings (SSSR count). The average Bonchev–Trinajstić information content (AvgIpc) is 2.94. The van der Waals surface area contributed by atoms with E-state index in [1.165, 1.54) is 43.4 Å². The highest BCUT2D eigenvalue weighted by molar-refractivity contribution is 5.21. The van der Waals surface area contributed by atoms with Crippen molar-refractivity contribution in [2.24, 2.45) is 0 Å². The van der Waals surface area contributed by atoms with E-state index >= 15 is 0 Å². The van der Waals surface area contributed by atoms with Gasteiger partial charge in [0.15, 0.2) is 0 Å². The van der Waals surface area contributed by atoms with Gasteiger partial charge in [0, 0.05) is 31.2 Å². The lowest BCUT2D eigenvalue weighted by molar-refractivity contribution is 0.0912. The fraction of sp³-hybridized carbons (Fsp3) is 0.579. The van der Waals surface area contributed by atoms with Crippen LogP contribution in [0.4, 0.5) is 0 Å². The Balaban J connectivity index is 1.80. The fourth-order valence-electron chi connectivity index (χ4n) is 3.88. The molecule has 1 saturated heterocycles. The number of hydrogen-bond donors (Lipinski definition) is 1. The van der Waals surface area contributed by atoms with Crippen LogP contribution in [0.25, 0.3) is 0 Å². The van der Waals surface area contributed by atoms with Crippen molar-refractivity contribution in [3.63, 3.8) is 0 Å². The highest BCUT2D eigenvalue weighted by Gasteiger charge is 2.40. The first kappa shape index (κ1) is 14.8. The van der Waals surface area contributed by atoms with E-state index in [0.717, 1.165) is 13.1 Å². The van der Waals surface area contributed by atoms with Crippen molar-refractivity contribution in [1.29, 1.82) is 0 Å². The molecule has 0 radical (unpaired) electrons. The minimum absolute atomic E-state index is 0.390. The van der Waals surface area contributed by atoms with Gasteiger partial charge >= 0.3 is 0 Å². The van der Waals surface area contributed by atoms with Crippen LogP contribution in [0.15, 0.2) is 42.0 Å². The molecule has 114 valence electrons. The number of allylic oxidation sites excluding steroid dienone is 1. The molecule has 1 spiro atoms. The van der Waals surface area contributed by atoms with E-state index in [-0.39, 0.29) is 0 Å². The molecule has 2 aliphatic rings. The van der Waals surface area contributed by atoms with Crippen LogP contribution in [0.5, 0.6) is 0 Å². The van der Waals surface area contributed by atoms with Crippen LogP contribution in [0.3, 0.4) is 0 Å². The Morgan fingerprint density at radius 3 is 2.62 bits per heavy atom. The van der Waals surface area contributed by atoms with Crippen molar-refractivity contribution in [3.8, 4) is 0 Å². The second kappa shape index (κ2) is 6.33. The van der Waals surface area contributed by atoms with Gasteiger partial charge in [-0.05, 0) is 32.3 Å². The topological polar surface area (TPSA) is 15.3 Å². The van der Waals surface area contributed by atoms with Gasteiger partial charge in [-0.15, -0.1) is 0 Å². The van der Waals surface area contributed by atoms with Crippen LogP contribution >= 0.6 is 0 Å². The van der Waals surface area contributed by atoms with Gasteiger partial charge in [0.25, 0.3) is 0 Å². The quantitative estimate of drug-likeness (QED) is 0.847. The maximum absolute atomic E-state index is 3.90. The highest BCUT2D eigenvalue weighted by atomic mass is 15.3. The van der Waals surface area contributed by atoms with Crippen LogP contribution in [0.2, 0.25) is 0 Å². The summed E-state index contributed by atoms with van der Waals surface area (Å²) in [6, 6.07) is 11.5. The number of nitrogens with zero attached hydrogens (tertiary/aromatic N) is 1. The Kier molecular flexibility index (Phi) is 4.46. The number of piperazine rings is 1. The Morgan fingerprint density at radius 1 is 1.24 bits per heavy atom. The third-order valence-corrected chi connectivity index (χ3v) is 5.10. The van der Waals surface area contributed by atoms with E-state index in [9.17, 15) is 0 Å². The smallest absolute Gasteiger partial charge is 0.0476 e. The van der Waals surface area contributed by atoms with Gasteiger partial charge in [-0.3, -0.25) is 4.90 Å². The zero-order valence-corrected chi connectivity index (χ0v) is 13.4. The first-order valence-electron chi connectivity index (χ1n) is 8.36. The second-order valence-electron chi connectivity index (χ2n) is 7.01. The normalized spacial score (nSPS) is 25.1. The third kappa shape index (κ3) is 3.38. The molecule has 0 aromatic heterocycles. The standard InChI is InChI=1S/C19H28N2/c1-16(2)10-13-21-15-19(11-6-7-12-19)20-14-18(21)17-8-4-3-5-9-17/h3-5,8-10,18,20H,6-7,11-15H2,1-2H3. The molecule has 1 N–H and O–H groups in total. The summed E-state index contributed by atoms with van der Waals surface area (Å²) in [5.41, 5.74) is 3.25. The summed E-state index contributed by atoms with van der Waals surface area (Å²) in [4.78, 5) is 2.68. The van der Waals surface area contributed by atoms with Crippen LogP contribution in [-0.4, -0.2) is 30.1 Å². The summed E-state index contributed by atoms with van der Waals surface area (Å²) in [6.45, 7) is 7.75. The van der Waals surface area contributed by atoms with Gasteiger partial charge in [-0.2, -0.15) is 0 Å². The Labute approximate surface area is 129 Å². The number of benzene rings is 1. The highest BCUT2D eigenvalue weighted by Crippen LogP contribution is 2.36. The largest absolute Gasteiger partial charge is 0.308 e. The first-order chi connectivity index (χ1) is 10.2. The van der Waals surface area contributed by atoms with Crippen molar-refractivity contribution in [2.45, 2.75) is 51.1 Å². The van der Waals surface area contributed by atoms with Gasteiger partial charge < -0.3 is 5.32 Å². The molecule has 2 nitrogen and oxygen atoms in total. The van der Waals surface area contributed by atoms with Gasteiger partial charge in [0.2, 0.25) is 0 Å². The summed E-state index contributed by atoms with van der Waals surface area (Å²) in [5, 5.41) is 3.90. The monoisotopic (exact) mass is 284 g/mol. The molecule has 1 aromatic carbocycles. The first-order valence-corrected chi connectivity index (χ1v) is 8.36. The average molecular weight is 284 g/mol. The van der Waals surface area contributed by atoms with E-state index in [0.29, 0.717) is 11.6 Å². The Morgan fingerprint density at radius 2 is 1.95 bits per heavy atom. The summed E-state index contributed by atoms with van der Waals surface area (Å²) in [7, 11) is 0. The molecule has 2 fully saturated rings. The molecule has 1 aromatic rings. The maximum Gasteiger partial charge on any atom is 0.0476 e. The van der Waals surface area contributed by atoms with Crippen LogP contribution < -0.4 is 5.32 Å². The van der Waals surface area contributed by atoms with E-state index in [1.807, 2.05) is 0 Å². The Hall–Kier alpha value is -1.12. The molecule has 1 heterocycles. The van der Waals surface area contributed by atoms with Crippen LogP contribution in [0.1, 0.15) is 51.1 Å². The molecule has 1 atom stereocenters. The SMILES string of the molecule is CC(C)=CCN1CC2(CCCC2)NCC1c1ccccc1. The van der Waals surface area contributed by atoms with Gasteiger partial charge in [-0.1, -0.05) is 54.8 Å². The summed E-state index contributed by atoms with van der Waals surface area (Å²) in [6.07, 6.45) is 7.85. The Bertz CT molecular complexity index is 482. The lowest BCUT2D eigenvalue weighted by Crippen LogP contribution is -2.60. The number of nitrogens with one attached hydrogen (secondary N) is 1. The third-order valence-electron chi connectivity index (χ3n) is 5.10. The van der Waals surface area contributed by atoms with Crippen molar-refractivity contribution >= 4 is 0 Å². The second-order valence-corrected chi connectivity index (χ2v) is 7.01. The van der Waals surface area contributed by atoms with Gasteiger partial charge in [0.05, 0.1) is 0 Å². The molecule has 1 aliphatic carbocycles. The molecule has 1 unspecified atom stereocenters. The van der Waals surface area contributed by atoms with Crippen molar-refractivity contribution < 1.29 is 0 Å². The van der Waals surface area contributed by atoms with E-state index in [2.05, 4.69) is 60.5 Å². The predicted octanol–water partition coefficient (Wildman–Crippen LogP) is 3.91. The molecule has 0 bridgehead atoms.